The van der Waals surface area contributed by atoms with Crippen molar-refractivity contribution in [3.8, 4) is 6.07 Å². The fourth-order valence-corrected chi connectivity index (χ4v) is 5.58. The van der Waals surface area contributed by atoms with Crippen molar-refractivity contribution in [3.05, 3.63) is 82.1 Å². The number of hydrogen-bond acceptors (Lipinski definition) is 4. The number of nitriles is 1. The quantitative estimate of drug-likeness (QED) is 0.393. The van der Waals surface area contributed by atoms with Crippen LogP contribution in [0.3, 0.4) is 0 Å². The fourth-order valence-electron chi connectivity index (χ4n) is 4.44. The number of aromatic nitrogens is 2. The second-order valence-corrected chi connectivity index (χ2v) is 10.3. The van der Waals surface area contributed by atoms with Crippen molar-refractivity contribution in [3.63, 3.8) is 0 Å². The highest BCUT2D eigenvalue weighted by atomic mass is 35.5. The van der Waals surface area contributed by atoms with Crippen molar-refractivity contribution in [2.75, 3.05) is 18.8 Å². The summed E-state index contributed by atoms with van der Waals surface area (Å²) in [5.41, 5.74) is 3.86. The highest BCUT2D eigenvalue weighted by Gasteiger charge is 2.37. The predicted octanol–water partition coefficient (Wildman–Crippen LogP) is 5.77. The lowest BCUT2D eigenvalue weighted by Crippen LogP contribution is -2.44. The monoisotopic (exact) mass is 492 g/mol. The summed E-state index contributed by atoms with van der Waals surface area (Å²) >= 11 is 7.65. The predicted molar refractivity (Wildman–Crippen MR) is 137 cm³/mol. The van der Waals surface area contributed by atoms with E-state index in [0.717, 1.165) is 39.2 Å². The highest BCUT2D eigenvalue weighted by Crippen LogP contribution is 2.35. The zero-order chi connectivity index (χ0) is 24.1. The molecule has 5 nitrogen and oxygen atoms in total. The molecule has 0 saturated carbocycles. The molecule has 2 aromatic carbocycles. The first kappa shape index (κ1) is 24.4. The SMILES string of the molecule is Cc1nc(SCCC(=O)N2CCC(C#N)(c3ccccc3)CC2)n(Cc2ccc(Cl)cc2)c1C. The molecule has 0 atom stereocenters. The minimum Gasteiger partial charge on any atom is -0.343 e. The Labute approximate surface area is 210 Å². The molecule has 7 heteroatoms. The van der Waals surface area contributed by atoms with Gasteiger partial charge in [0.2, 0.25) is 5.91 Å². The Morgan fingerprint density at radius 1 is 1.12 bits per heavy atom. The minimum atomic E-state index is -0.492. The molecule has 0 radical (unpaired) electrons. The molecule has 1 saturated heterocycles. The van der Waals surface area contributed by atoms with Gasteiger partial charge in [-0.3, -0.25) is 4.79 Å². The second kappa shape index (κ2) is 10.7. The van der Waals surface area contributed by atoms with Gasteiger partial charge in [0.05, 0.1) is 17.2 Å². The van der Waals surface area contributed by atoms with Crippen molar-refractivity contribution < 1.29 is 4.79 Å². The number of hydrogen-bond donors (Lipinski definition) is 0. The Kier molecular flexibility index (Phi) is 7.65. The number of imidazole rings is 1. The maximum Gasteiger partial charge on any atom is 0.223 e. The van der Waals surface area contributed by atoms with E-state index in [-0.39, 0.29) is 5.91 Å². The molecule has 1 fully saturated rings. The number of halogens is 1. The van der Waals surface area contributed by atoms with Gasteiger partial charge >= 0.3 is 0 Å². The van der Waals surface area contributed by atoms with Crippen LogP contribution in [0.5, 0.6) is 0 Å². The van der Waals surface area contributed by atoms with Crippen LogP contribution in [0.2, 0.25) is 5.02 Å². The Morgan fingerprint density at radius 2 is 1.79 bits per heavy atom. The van der Waals surface area contributed by atoms with Gasteiger partial charge in [0.25, 0.3) is 0 Å². The first-order valence-corrected chi connectivity index (χ1v) is 12.9. The van der Waals surface area contributed by atoms with E-state index in [1.807, 2.05) is 66.4 Å². The molecule has 0 unspecified atom stereocenters. The molecule has 1 aromatic heterocycles. The van der Waals surface area contributed by atoms with Crippen LogP contribution in [-0.2, 0) is 16.8 Å². The van der Waals surface area contributed by atoms with Crippen LogP contribution in [0.4, 0.5) is 0 Å². The average molecular weight is 493 g/mol. The van der Waals surface area contributed by atoms with Crippen molar-refractivity contribution in [2.45, 2.75) is 50.2 Å². The zero-order valence-corrected chi connectivity index (χ0v) is 21.2. The van der Waals surface area contributed by atoms with Crippen LogP contribution in [-0.4, -0.2) is 39.2 Å². The van der Waals surface area contributed by atoms with E-state index in [9.17, 15) is 10.1 Å². The topological polar surface area (TPSA) is 61.9 Å². The molecule has 1 amide bonds. The molecule has 0 bridgehead atoms. The third-order valence-electron chi connectivity index (χ3n) is 6.73. The van der Waals surface area contributed by atoms with Crippen LogP contribution in [0.1, 0.15) is 41.8 Å². The van der Waals surface area contributed by atoms with Gasteiger partial charge in [-0.2, -0.15) is 5.26 Å². The number of carbonyl (C=O) groups excluding carboxylic acids is 1. The van der Waals surface area contributed by atoms with Gasteiger partial charge in [-0.25, -0.2) is 4.98 Å². The second-order valence-electron chi connectivity index (χ2n) is 8.82. The average Bonchev–Trinajstić information content (AvgIpc) is 3.13. The maximum absolute atomic E-state index is 12.9. The van der Waals surface area contributed by atoms with Crippen molar-refractivity contribution in [1.29, 1.82) is 5.26 Å². The van der Waals surface area contributed by atoms with E-state index >= 15 is 0 Å². The lowest BCUT2D eigenvalue weighted by Gasteiger charge is -2.37. The van der Waals surface area contributed by atoms with Crippen molar-refractivity contribution in [1.82, 2.24) is 14.5 Å². The van der Waals surface area contributed by atoms with Gasteiger partial charge in [-0.1, -0.05) is 65.8 Å². The molecule has 34 heavy (non-hydrogen) atoms. The summed E-state index contributed by atoms with van der Waals surface area (Å²) in [5.74, 6) is 0.824. The van der Waals surface area contributed by atoms with E-state index in [0.29, 0.717) is 38.1 Å². The van der Waals surface area contributed by atoms with Crippen molar-refractivity contribution >= 4 is 29.3 Å². The third kappa shape index (κ3) is 5.32. The summed E-state index contributed by atoms with van der Waals surface area (Å²) in [6, 6.07) is 20.4. The molecule has 3 aromatic rings. The first-order chi connectivity index (χ1) is 16.4. The molecule has 0 spiro atoms. The van der Waals surface area contributed by atoms with E-state index < -0.39 is 5.41 Å². The number of aryl methyl sites for hydroxylation is 1. The summed E-state index contributed by atoms with van der Waals surface area (Å²) in [7, 11) is 0. The van der Waals surface area contributed by atoms with Crippen LogP contribution in [0, 0.1) is 25.2 Å². The largest absolute Gasteiger partial charge is 0.343 e. The van der Waals surface area contributed by atoms with Crippen molar-refractivity contribution in [2.24, 2.45) is 0 Å². The van der Waals surface area contributed by atoms with Gasteiger partial charge in [-0.05, 0) is 49.9 Å². The number of carbonyl (C=O) groups is 1. The Hall–Kier alpha value is -2.75. The number of benzene rings is 2. The molecular formula is C27H29ClN4OS. The van der Waals surface area contributed by atoms with E-state index in [1.165, 1.54) is 0 Å². The molecule has 0 aliphatic carbocycles. The van der Waals surface area contributed by atoms with Gasteiger partial charge in [0.1, 0.15) is 0 Å². The molecular weight excluding hydrogens is 464 g/mol. The molecule has 0 N–H and O–H groups in total. The smallest absolute Gasteiger partial charge is 0.223 e. The lowest BCUT2D eigenvalue weighted by molar-refractivity contribution is -0.132. The number of likely N-dealkylation sites (tertiary alicyclic amines) is 1. The van der Waals surface area contributed by atoms with Gasteiger partial charge in [0, 0.05) is 42.5 Å². The molecule has 1 aliphatic rings. The Balaban J connectivity index is 1.33. The van der Waals surface area contributed by atoms with E-state index in [1.54, 1.807) is 11.8 Å². The van der Waals surface area contributed by atoms with Crippen LogP contribution in [0.25, 0.3) is 0 Å². The molecule has 1 aliphatic heterocycles. The van der Waals surface area contributed by atoms with Gasteiger partial charge < -0.3 is 9.47 Å². The van der Waals surface area contributed by atoms with E-state index in [4.69, 9.17) is 16.6 Å². The summed E-state index contributed by atoms with van der Waals surface area (Å²) in [4.78, 5) is 19.5. The highest BCUT2D eigenvalue weighted by molar-refractivity contribution is 7.99. The van der Waals surface area contributed by atoms with Gasteiger partial charge in [0.15, 0.2) is 5.16 Å². The normalized spacial score (nSPS) is 15.2. The summed E-state index contributed by atoms with van der Waals surface area (Å²) in [6.45, 7) is 6.06. The number of rotatable bonds is 7. The van der Waals surface area contributed by atoms with Crippen LogP contribution in [0.15, 0.2) is 59.8 Å². The summed E-state index contributed by atoms with van der Waals surface area (Å²) < 4.78 is 2.20. The first-order valence-electron chi connectivity index (χ1n) is 11.6. The van der Waals surface area contributed by atoms with Crippen LogP contribution < -0.4 is 0 Å². The van der Waals surface area contributed by atoms with E-state index in [2.05, 4.69) is 17.6 Å². The summed E-state index contributed by atoms with van der Waals surface area (Å²) in [5, 5.41) is 11.5. The standard InChI is InChI=1S/C27H29ClN4OS/c1-20-21(2)32(18-22-8-10-24(28)11-9-22)26(30-20)34-17-12-25(33)31-15-13-27(19-29,14-16-31)23-6-4-3-5-7-23/h3-11H,12-18H2,1-2H3. The Bertz CT molecular complexity index is 1180. The lowest BCUT2D eigenvalue weighted by atomic mass is 9.74. The number of nitrogens with zero attached hydrogens (tertiary/aromatic N) is 4. The third-order valence-corrected chi connectivity index (χ3v) is 7.96. The number of amides is 1. The maximum atomic E-state index is 12.9. The zero-order valence-electron chi connectivity index (χ0n) is 19.6. The summed E-state index contributed by atoms with van der Waals surface area (Å²) in [6.07, 6.45) is 1.81. The van der Waals surface area contributed by atoms with Gasteiger partial charge in [-0.15, -0.1) is 0 Å². The molecule has 4 rings (SSSR count). The minimum absolute atomic E-state index is 0.149. The fraction of sp³-hybridized carbons (Fsp3) is 0.370. The number of thioether (sulfide) groups is 1. The Morgan fingerprint density at radius 3 is 2.44 bits per heavy atom. The number of piperidine rings is 1. The van der Waals surface area contributed by atoms with Crippen LogP contribution >= 0.6 is 23.4 Å². The molecule has 176 valence electrons. The molecule has 2 heterocycles.